The monoisotopic (exact) mass is 593 g/mol. The van der Waals surface area contributed by atoms with Crippen LogP contribution in [0.1, 0.15) is 78.0 Å². The van der Waals surface area contributed by atoms with Crippen molar-refractivity contribution in [2.75, 3.05) is 11.1 Å². The predicted molar refractivity (Wildman–Crippen MR) is 158 cm³/mol. The minimum absolute atomic E-state index is 0.0433. The van der Waals surface area contributed by atoms with Gasteiger partial charge in [0.1, 0.15) is 0 Å². The molecule has 0 unspecified atom stereocenters. The molecule has 0 saturated carbocycles. The zero-order valence-electron chi connectivity index (χ0n) is 23.1. The van der Waals surface area contributed by atoms with Crippen LogP contribution in [0, 0.1) is 0 Å². The van der Waals surface area contributed by atoms with Crippen LogP contribution in [0.3, 0.4) is 0 Å². The lowest BCUT2D eigenvalue weighted by atomic mass is 10.0. The number of amides is 1. The standard InChI is InChI=1S/C32H35NO8S/c34-19-21-9-11-22(12-10-21)28-18-26(20-42-27-15-13-23(14-16-27)31(38)39)40-32(41-28)24-5-4-6-25(17-24)33-29(35)7-2-1-3-8-30(36)37/h4-6,9-17,26,28,32,34H,1-3,7-8,18-20H2,(H,33,35)(H,36,37)(H,38,39)/t26-,28+,32+/m1/s1. The van der Waals surface area contributed by atoms with Crippen molar-refractivity contribution in [3.05, 3.63) is 95.1 Å². The van der Waals surface area contributed by atoms with Gasteiger partial charge in [0.15, 0.2) is 6.29 Å². The smallest absolute Gasteiger partial charge is 0.335 e. The molecule has 4 rings (SSSR count). The molecule has 0 aromatic heterocycles. The lowest BCUT2D eigenvalue weighted by molar-refractivity contribution is -0.245. The number of aliphatic carboxylic acids is 1. The third kappa shape index (κ3) is 9.42. The van der Waals surface area contributed by atoms with E-state index >= 15 is 0 Å². The third-order valence-corrected chi connectivity index (χ3v) is 8.03. The fourth-order valence-corrected chi connectivity index (χ4v) is 5.55. The zero-order chi connectivity index (χ0) is 29.9. The number of carboxylic acid groups (broad SMARTS) is 2. The molecule has 4 N–H and O–H groups in total. The number of carboxylic acids is 2. The first-order chi connectivity index (χ1) is 20.3. The van der Waals surface area contributed by atoms with Gasteiger partial charge in [-0.3, -0.25) is 9.59 Å². The summed E-state index contributed by atoms with van der Waals surface area (Å²) in [4.78, 5) is 35.2. The van der Waals surface area contributed by atoms with E-state index in [2.05, 4.69) is 5.32 Å². The summed E-state index contributed by atoms with van der Waals surface area (Å²) < 4.78 is 12.8. The van der Waals surface area contributed by atoms with Crippen molar-refractivity contribution in [3.63, 3.8) is 0 Å². The molecule has 1 fully saturated rings. The molecule has 1 saturated heterocycles. The number of ether oxygens (including phenoxy) is 2. The lowest BCUT2D eigenvalue weighted by Gasteiger charge is -2.36. The van der Waals surface area contributed by atoms with Gasteiger partial charge in [-0.05, 0) is 60.4 Å². The number of aliphatic hydroxyl groups is 1. The first kappa shape index (κ1) is 31.2. The van der Waals surface area contributed by atoms with Crippen molar-refractivity contribution >= 4 is 35.3 Å². The van der Waals surface area contributed by atoms with Crippen molar-refractivity contribution in [1.82, 2.24) is 0 Å². The Morgan fingerprint density at radius 2 is 1.60 bits per heavy atom. The topological polar surface area (TPSA) is 142 Å². The molecule has 42 heavy (non-hydrogen) atoms. The number of carbonyl (C=O) groups is 3. The van der Waals surface area contributed by atoms with Gasteiger partial charge in [-0.25, -0.2) is 4.79 Å². The maximum Gasteiger partial charge on any atom is 0.335 e. The second-order valence-electron chi connectivity index (χ2n) is 10.1. The average molecular weight is 594 g/mol. The number of hydrogen-bond donors (Lipinski definition) is 4. The molecule has 0 bridgehead atoms. The van der Waals surface area contributed by atoms with Crippen LogP contribution in [0.5, 0.6) is 0 Å². The molecule has 3 aromatic rings. The van der Waals surface area contributed by atoms with Gasteiger partial charge in [0.05, 0.1) is 24.4 Å². The van der Waals surface area contributed by atoms with Gasteiger partial charge in [-0.1, -0.05) is 42.8 Å². The van der Waals surface area contributed by atoms with E-state index in [4.69, 9.17) is 19.7 Å². The second-order valence-corrected chi connectivity index (χ2v) is 11.2. The van der Waals surface area contributed by atoms with Gasteiger partial charge in [-0.15, -0.1) is 11.8 Å². The fraction of sp³-hybridized carbons (Fsp3) is 0.344. The van der Waals surface area contributed by atoms with E-state index in [1.807, 2.05) is 42.5 Å². The van der Waals surface area contributed by atoms with Gasteiger partial charge in [0.25, 0.3) is 0 Å². The van der Waals surface area contributed by atoms with Crippen molar-refractivity contribution < 1.29 is 39.2 Å². The first-order valence-electron chi connectivity index (χ1n) is 13.9. The summed E-state index contributed by atoms with van der Waals surface area (Å²) in [5, 5.41) is 30.3. The molecule has 3 atom stereocenters. The molecule has 222 valence electrons. The third-order valence-electron chi connectivity index (χ3n) is 6.89. The van der Waals surface area contributed by atoms with E-state index in [0.717, 1.165) is 21.6 Å². The predicted octanol–water partition coefficient (Wildman–Crippen LogP) is 6.19. The Balaban J connectivity index is 1.43. The lowest BCUT2D eigenvalue weighted by Crippen LogP contribution is -2.31. The van der Waals surface area contributed by atoms with Gasteiger partial charge in [0.2, 0.25) is 5.91 Å². The summed E-state index contributed by atoms with van der Waals surface area (Å²) >= 11 is 1.58. The van der Waals surface area contributed by atoms with E-state index in [1.165, 1.54) is 0 Å². The minimum atomic E-state index is -0.966. The van der Waals surface area contributed by atoms with Crippen molar-refractivity contribution in [2.24, 2.45) is 0 Å². The quantitative estimate of drug-likeness (QED) is 0.127. The highest BCUT2D eigenvalue weighted by Crippen LogP contribution is 2.40. The van der Waals surface area contributed by atoms with Crippen LogP contribution in [-0.2, 0) is 25.7 Å². The Morgan fingerprint density at radius 3 is 2.29 bits per heavy atom. The zero-order valence-corrected chi connectivity index (χ0v) is 23.9. The molecule has 1 amide bonds. The molecule has 0 radical (unpaired) electrons. The first-order valence-corrected chi connectivity index (χ1v) is 14.9. The number of unbranched alkanes of at least 4 members (excludes halogenated alkanes) is 2. The largest absolute Gasteiger partial charge is 0.481 e. The Labute approximate surface area is 248 Å². The van der Waals surface area contributed by atoms with Crippen molar-refractivity contribution in [1.29, 1.82) is 0 Å². The summed E-state index contributed by atoms with van der Waals surface area (Å²) in [5.74, 6) is -1.32. The summed E-state index contributed by atoms with van der Waals surface area (Å²) in [6.45, 7) is -0.0433. The number of rotatable bonds is 14. The van der Waals surface area contributed by atoms with E-state index < -0.39 is 18.2 Å². The average Bonchev–Trinajstić information content (AvgIpc) is 3.00. The number of aromatic carboxylic acids is 1. The van der Waals surface area contributed by atoms with Crippen LogP contribution in [0.4, 0.5) is 5.69 Å². The fourth-order valence-electron chi connectivity index (χ4n) is 4.63. The highest BCUT2D eigenvalue weighted by Gasteiger charge is 2.32. The van der Waals surface area contributed by atoms with Gasteiger partial charge in [-0.2, -0.15) is 0 Å². The Kier molecular flexibility index (Phi) is 11.5. The SMILES string of the molecule is O=C(O)CCCCCC(=O)Nc1cccc([C@H]2O[C@@H](CSc3ccc(C(=O)O)cc3)C[C@@H](c3ccc(CO)cc3)O2)c1. The van der Waals surface area contributed by atoms with Crippen molar-refractivity contribution in [3.8, 4) is 0 Å². The number of aliphatic hydroxyl groups excluding tert-OH is 1. The highest BCUT2D eigenvalue weighted by molar-refractivity contribution is 7.99. The number of hydrogen-bond acceptors (Lipinski definition) is 7. The summed E-state index contributed by atoms with van der Waals surface area (Å²) in [6, 6.07) is 21.7. The maximum atomic E-state index is 12.5. The Hall–Kier alpha value is -3.70. The number of nitrogens with one attached hydrogen (secondary N) is 1. The Morgan fingerprint density at radius 1 is 0.857 bits per heavy atom. The van der Waals surface area contributed by atoms with Gasteiger partial charge in [0, 0.05) is 41.2 Å². The molecule has 1 heterocycles. The summed E-state index contributed by atoms with van der Waals surface area (Å²) in [5.41, 5.74) is 3.39. The number of thioether (sulfide) groups is 1. The molecule has 9 nitrogen and oxygen atoms in total. The molecule has 10 heteroatoms. The van der Waals surface area contributed by atoms with Crippen LogP contribution in [-0.4, -0.2) is 45.0 Å². The van der Waals surface area contributed by atoms with Crippen LogP contribution in [0.25, 0.3) is 0 Å². The van der Waals surface area contributed by atoms with Gasteiger partial charge >= 0.3 is 11.9 Å². The maximum absolute atomic E-state index is 12.5. The molecule has 1 aliphatic rings. The van der Waals surface area contributed by atoms with Crippen molar-refractivity contribution in [2.45, 2.75) is 68.5 Å². The number of benzene rings is 3. The number of carbonyl (C=O) groups excluding carboxylic acids is 1. The van der Waals surface area contributed by atoms with Gasteiger partial charge < -0.3 is 30.1 Å². The highest BCUT2D eigenvalue weighted by atomic mass is 32.2. The van der Waals surface area contributed by atoms with Crippen LogP contribution in [0.2, 0.25) is 0 Å². The second kappa shape index (κ2) is 15.5. The molecule has 1 aliphatic heterocycles. The molecule has 3 aromatic carbocycles. The molecular formula is C32H35NO8S. The summed E-state index contributed by atoms with van der Waals surface area (Å²) in [7, 11) is 0. The van der Waals surface area contributed by atoms with E-state index in [0.29, 0.717) is 43.5 Å². The van der Waals surface area contributed by atoms with Crippen LogP contribution in [0.15, 0.2) is 77.7 Å². The molecule has 0 aliphatic carbocycles. The van der Waals surface area contributed by atoms with E-state index in [-0.39, 0.29) is 36.7 Å². The molecule has 0 spiro atoms. The Bertz CT molecular complexity index is 1350. The van der Waals surface area contributed by atoms with E-state index in [1.54, 1.807) is 42.1 Å². The minimum Gasteiger partial charge on any atom is -0.481 e. The summed E-state index contributed by atoms with van der Waals surface area (Å²) in [6.07, 6.45) is 1.72. The van der Waals surface area contributed by atoms with Crippen LogP contribution >= 0.6 is 11.8 Å². The van der Waals surface area contributed by atoms with E-state index in [9.17, 15) is 19.5 Å². The normalized spacial score (nSPS) is 18.4. The van der Waals surface area contributed by atoms with Crippen LogP contribution < -0.4 is 5.32 Å². The molecular weight excluding hydrogens is 558 g/mol. The number of anilines is 1.